The standard InChI is InChI=1S/C16H19ClFNO5/c1-16(2,3)24-15(22)19-8-10(7-12(19)14(20)21)23-13-6-9(18)4-5-11(13)17/h4-6,10,12H,7-8H2,1-3H3,(H,20,21)/t10-,12-/m1/s1. The van der Waals surface area contributed by atoms with E-state index in [0.29, 0.717) is 0 Å². The van der Waals surface area contributed by atoms with Crippen LogP contribution >= 0.6 is 11.6 Å². The normalized spacial score (nSPS) is 20.8. The number of carboxylic acids is 1. The summed E-state index contributed by atoms with van der Waals surface area (Å²) in [6, 6.07) is 2.59. The minimum absolute atomic E-state index is 0.0126. The second kappa shape index (κ2) is 6.84. The van der Waals surface area contributed by atoms with Crippen LogP contribution in [0.3, 0.4) is 0 Å². The van der Waals surface area contributed by atoms with Gasteiger partial charge in [-0.05, 0) is 32.9 Å². The lowest BCUT2D eigenvalue weighted by Crippen LogP contribution is -2.43. The van der Waals surface area contributed by atoms with Gasteiger partial charge in [-0.15, -0.1) is 0 Å². The zero-order valence-corrected chi connectivity index (χ0v) is 14.3. The Bertz CT molecular complexity index is 646. The minimum Gasteiger partial charge on any atom is -0.487 e. The molecule has 0 aliphatic carbocycles. The van der Waals surface area contributed by atoms with Crippen molar-refractivity contribution < 1.29 is 28.6 Å². The highest BCUT2D eigenvalue weighted by atomic mass is 35.5. The van der Waals surface area contributed by atoms with Crippen LogP contribution in [0.5, 0.6) is 5.75 Å². The number of halogens is 2. The molecule has 0 unspecified atom stereocenters. The monoisotopic (exact) mass is 359 g/mol. The van der Waals surface area contributed by atoms with Crippen molar-refractivity contribution in [3.63, 3.8) is 0 Å². The number of ether oxygens (including phenoxy) is 2. The molecule has 2 rings (SSSR count). The summed E-state index contributed by atoms with van der Waals surface area (Å²) < 4.78 is 24.1. The number of aliphatic carboxylic acids is 1. The molecule has 1 saturated heterocycles. The third kappa shape index (κ3) is 4.50. The molecule has 24 heavy (non-hydrogen) atoms. The first kappa shape index (κ1) is 18.3. The third-order valence-electron chi connectivity index (χ3n) is 3.36. The van der Waals surface area contributed by atoms with Gasteiger partial charge in [0.15, 0.2) is 0 Å². The lowest BCUT2D eigenvalue weighted by Gasteiger charge is -2.26. The van der Waals surface area contributed by atoms with E-state index in [4.69, 9.17) is 21.1 Å². The first-order chi connectivity index (χ1) is 11.1. The van der Waals surface area contributed by atoms with Gasteiger partial charge in [0.1, 0.15) is 29.3 Å². The fraction of sp³-hybridized carbons (Fsp3) is 0.500. The second-order valence-corrected chi connectivity index (χ2v) is 6.94. The van der Waals surface area contributed by atoms with Gasteiger partial charge < -0.3 is 14.6 Å². The van der Waals surface area contributed by atoms with Gasteiger partial charge in [-0.3, -0.25) is 4.90 Å². The van der Waals surface area contributed by atoms with Crippen LogP contribution in [-0.4, -0.2) is 46.4 Å². The molecule has 2 atom stereocenters. The van der Waals surface area contributed by atoms with Crippen molar-refractivity contribution in [2.45, 2.75) is 44.9 Å². The van der Waals surface area contributed by atoms with E-state index in [2.05, 4.69) is 0 Å². The smallest absolute Gasteiger partial charge is 0.411 e. The predicted molar refractivity (Wildman–Crippen MR) is 84.8 cm³/mol. The van der Waals surface area contributed by atoms with Gasteiger partial charge in [0.2, 0.25) is 0 Å². The predicted octanol–water partition coefficient (Wildman–Crippen LogP) is 3.32. The van der Waals surface area contributed by atoms with Crippen LogP contribution in [0, 0.1) is 5.82 Å². The molecule has 1 amide bonds. The Balaban J connectivity index is 2.13. The zero-order valence-electron chi connectivity index (χ0n) is 13.6. The van der Waals surface area contributed by atoms with Crippen molar-refractivity contribution in [1.82, 2.24) is 4.90 Å². The average molecular weight is 360 g/mol. The number of amides is 1. The molecule has 0 saturated carbocycles. The van der Waals surface area contributed by atoms with Crippen molar-refractivity contribution in [2.24, 2.45) is 0 Å². The van der Waals surface area contributed by atoms with Gasteiger partial charge in [-0.25, -0.2) is 14.0 Å². The number of carbonyl (C=O) groups is 2. The molecule has 1 N–H and O–H groups in total. The van der Waals surface area contributed by atoms with Crippen LogP contribution in [-0.2, 0) is 9.53 Å². The highest BCUT2D eigenvalue weighted by molar-refractivity contribution is 6.32. The average Bonchev–Trinajstić information content (AvgIpc) is 2.85. The summed E-state index contributed by atoms with van der Waals surface area (Å²) >= 11 is 5.95. The summed E-state index contributed by atoms with van der Waals surface area (Å²) in [4.78, 5) is 24.7. The van der Waals surface area contributed by atoms with E-state index in [0.717, 1.165) is 11.0 Å². The van der Waals surface area contributed by atoms with Crippen LogP contribution in [0.4, 0.5) is 9.18 Å². The molecule has 0 bridgehead atoms. The molecule has 1 aliphatic heterocycles. The van der Waals surface area contributed by atoms with Crippen molar-refractivity contribution in [3.8, 4) is 5.75 Å². The summed E-state index contributed by atoms with van der Waals surface area (Å²) in [6.45, 7) is 5.09. The Morgan fingerprint density at radius 1 is 1.38 bits per heavy atom. The molecule has 1 fully saturated rings. The quantitative estimate of drug-likeness (QED) is 0.895. The van der Waals surface area contributed by atoms with Gasteiger partial charge in [0, 0.05) is 12.5 Å². The van der Waals surface area contributed by atoms with Crippen molar-refractivity contribution in [3.05, 3.63) is 29.0 Å². The van der Waals surface area contributed by atoms with Gasteiger partial charge in [0.25, 0.3) is 0 Å². The van der Waals surface area contributed by atoms with E-state index in [1.807, 2.05) is 0 Å². The maximum atomic E-state index is 13.3. The third-order valence-corrected chi connectivity index (χ3v) is 3.67. The van der Waals surface area contributed by atoms with Crippen molar-refractivity contribution >= 4 is 23.7 Å². The van der Waals surface area contributed by atoms with Crippen LogP contribution in [0.25, 0.3) is 0 Å². The van der Waals surface area contributed by atoms with E-state index in [-0.39, 0.29) is 23.7 Å². The molecule has 0 spiro atoms. The van der Waals surface area contributed by atoms with Crippen molar-refractivity contribution in [2.75, 3.05) is 6.54 Å². The lowest BCUT2D eigenvalue weighted by atomic mass is 10.2. The van der Waals surface area contributed by atoms with Gasteiger partial charge in [-0.1, -0.05) is 11.6 Å². The number of likely N-dealkylation sites (tertiary alicyclic amines) is 1. The number of hydrogen-bond acceptors (Lipinski definition) is 4. The van der Waals surface area contributed by atoms with Crippen molar-refractivity contribution in [1.29, 1.82) is 0 Å². The van der Waals surface area contributed by atoms with Gasteiger partial charge in [-0.2, -0.15) is 0 Å². The Hall–Kier alpha value is -2.02. The number of nitrogens with zero attached hydrogens (tertiary/aromatic N) is 1. The summed E-state index contributed by atoms with van der Waals surface area (Å²) in [5.41, 5.74) is -0.745. The molecule has 6 nitrogen and oxygen atoms in total. The first-order valence-corrected chi connectivity index (χ1v) is 7.79. The van der Waals surface area contributed by atoms with E-state index >= 15 is 0 Å². The molecule has 1 aliphatic rings. The molecule has 8 heteroatoms. The van der Waals surface area contributed by atoms with E-state index in [1.165, 1.54) is 12.1 Å². The van der Waals surface area contributed by atoms with E-state index in [9.17, 15) is 19.1 Å². The molecule has 0 radical (unpaired) electrons. The molecule has 1 aromatic rings. The summed E-state index contributed by atoms with van der Waals surface area (Å²) in [7, 11) is 0. The molecule has 1 aromatic carbocycles. The molecule has 1 heterocycles. The lowest BCUT2D eigenvalue weighted by molar-refractivity contribution is -0.142. The van der Waals surface area contributed by atoms with Crippen LogP contribution in [0.15, 0.2) is 18.2 Å². The topological polar surface area (TPSA) is 76.1 Å². The summed E-state index contributed by atoms with van der Waals surface area (Å²) in [5, 5.41) is 9.53. The highest BCUT2D eigenvalue weighted by Crippen LogP contribution is 2.30. The maximum absolute atomic E-state index is 13.3. The minimum atomic E-state index is -1.16. The molecule has 132 valence electrons. The SMILES string of the molecule is CC(C)(C)OC(=O)N1C[C@H](Oc2cc(F)ccc2Cl)C[C@@H]1C(=O)O. The fourth-order valence-corrected chi connectivity index (χ4v) is 2.55. The number of rotatable bonds is 3. The van der Waals surface area contributed by atoms with E-state index in [1.54, 1.807) is 20.8 Å². The van der Waals surface area contributed by atoms with Gasteiger partial charge >= 0.3 is 12.1 Å². The highest BCUT2D eigenvalue weighted by Gasteiger charge is 2.42. The maximum Gasteiger partial charge on any atom is 0.411 e. The number of benzene rings is 1. The van der Waals surface area contributed by atoms with Crippen LogP contribution < -0.4 is 4.74 Å². The first-order valence-electron chi connectivity index (χ1n) is 7.41. The summed E-state index contributed by atoms with van der Waals surface area (Å²) in [6.07, 6.45) is -1.30. The number of carboxylic acid groups (broad SMARTS) is 1. The zero-order chi connectivity index (χ0) is 18.1. The Morgan fingerprint density at radius 3 is 2.62 bits per heavy atom. The van der Waals surface area contributed by atoms with Crippen LogP contribution in [0.2, 0.25) is 5.02 Å². The van der Waals surface area contributed by atoms with Crippen LogP contribution in [0.1, 0.15) is 27.2 Å². The largest absolute Gasteiger partial charge is 0.487 e. The Morgan fingerprint density at radius 2 is 2.04 bits per heavy atom. The Kier molecular flexibility index (Phi) is 5.22. The fourth-order valence-electron chi connectivity index (χ4n) is 2.39. The second-order valence-electron chi connectivity index (χ2n) is 6.54. The van der Waals surface area contributed by atoms with Gasteiger partial charge in [0.05, 0.1) is 11.6 Å². The number of hydrogen-bond donors (Lipinski definition) is 1. The molecular formula is C16H19ClFNO5. The molecule has 0 aromatic heterocycles. The Labute approximate surface area is 144 Å². The van der Waals surface area contributed by atoms with E-state index < -0.39 is 35.6 Å². The summed E-state index contributed by atoms with van der Waals surface area (Å²) in [5.74, 6) is -1.57. The molecular weight excluding hydrogens is 341 g/mol. The number of carbonyl (C=O) groups excluding carboxylic acids is 1.